The number of benzene rings is 1. The summed E-state index contributed by atoms with van der Waals surface area (Å²) in [6.07, 6.45) is 2.53. The average Bonchev–Trinajstić information content (AvgIpc) is 2.77. The van der Waals surface area contributed by atoms with E-state index < -0.39 is 35.0 Å². The molecule has 0 saturated carbocycles. The first-order chi connectivity index (χ1) is 16.3. The lowest BCUT2D eigenvalue weighted by Crippen LogP contribution is -2.29. The van der Waals surface area contributed by atoms with E-state index in [-0.39, 0.29) is 18.1 Å². The van der Waals surface area contributed by atoms with Crippen LogP contribution in [0.25, 0.3) is 0 Å². The van der Waals surface area contributed by atoms with Gasteiger partial charge < -0.3 is 18.9 Å². The van der Waals surface area contributed by atoms with Crippen LogP contribution in [-0.2, 0) is 19.0 Å². The molecule has 1 atom stereocenters. The quantitative estimate of drug-likeness (QED) is 0.393. The van der Waals surface area contributed by atoms with Gasteiger partial charge in [-0.1, -0.05) is 6.07 Å². The molecule has 0 aliphatic carbocycles. The number of hydrogen-bond donors (Lipinski definition) is 0. The highest BCUT2D eigenvalue weighted by Gasteiger charge is 2.22. The summed E-state index contributed by atoms with van der Waals surface area (Å²) in [5.74, 6) is -1.82. The van der Waals surface area contributed by atoms with Crippen LogP contribution in [0.2, 0.25) is 0 Å². The maximum atomic E-state index is 12.4. The van der Waals surface area contributed by atoms with Gasteiger partial charge in [-0.3, -0.25) is 9.59 Å². The lowest BCUT2D eigenvalue weighted by atomic mass is 10.1. The Morgan fingerprint density at radius 1 is 1.00 bits per heavy atom. The zero-order chi connectivity index (χ0) is 26.2. The van der Waals surface area contributed by atoms with Crippen molar-refractivity contribution in [2.45, 2.75) is 52.7 Å². The molecule has 9 heteroatoms. The normalized spacial score (nSPS) is 12.8. The fraction of sp³-hybridized carbons (Fsp3) is 0.423. The molecule has 2 rings (SSSR count). The summed E-state index contributed by atoms with van der Waals surface area (Å²) in [6, 6.07) is 9.52. The molecule has 0 radical (unpaired) electrons. The van der Waals surface area contributed by atoms with Crippen molar-refractivity contribution in [3.8, 4) is 11.6 Å². The molecule has 9 nitrogen and oxygen atoms in total. The fourth-order valence-corrected chi connectivity index (χ4v) is 2.61. The summed E-state index contributed by atoms with van der Waals surface area (Å²) in [7, 11) is 1.26. The summed E-state index contributed by atoms with van der Waals surface area (Å²) in [6.45, 7) is 11.0. The van der Waals surface area contributed by atoms with Crippen LogP contribution in [0, 0.1) is 5.92 Å². The zero-order valence-corrected chi connectivity index (χ0v) is 21.2. The van der Waals surface area contributed by atoms with Crippen molar-refractivity contribution in [2.75, 3.05) is 13.7 Å². The third-order valence-electron chi connectivity index (χ3n) is 4.25. The van der Waals surface area contributed by atoms with Gasteiger partial charge in [0.15, 0.2) is 0 Å². The molecule has 0 aliphatic rings. The van der Waals surface area contributed by atoms with Crippen LogP contribution in [0.3, 0.4) is 0 Å². The number of ether oxygens (including phenoxy) is 4. The molecule has 0 fully saturated rings. The molecular weight excluding hydrogens is 452 g/mol. The molecule has 1 aromatic heterocycles. The van der Waals surface area contributed by atoms with Gasteiger partial charge in [0, 0.05) is 18.5 Å². The van der Waals surface area contributed by atoms with E-state index in [0.29, 0.717) is 11.3 Å². The third kappa shape index (κ3) is 9.66. The SMILES string of the molecule is COC(=O)C(C=NC(=O)c1ccc(Oc2cccc(C(=O)OC(C)(C)C)c2)nc1)COC(C)(C)C. The van der Waals surface area contributed by atoms with Crippen LogP contribution >= 0.6 is 0 Å². The molecule has 0 saturated heterocycles. The summed E-state index contributed by atoms with van der Waals surface area (Å²) in [5, 5.41) is 0. The highest BCUT2D eigenvalue weighted by Crippen LogP contribution is 2.22. The summed E-state index contributed by atoms with van der Waals surface area (Å²) < 4.78 is 21.4. The first kappa shape index (κ1) is 27.7. The molecule has 0 aliphatic heterocycles. The smallest absolute Gasteiger partial charge is 0.338 e. The average molecular weight is 485 g/mol. The Kier molecular flexibility index (Phi) is 9.25. The number of aliphatic imine (C=N–C) groups is 1. The number of carbonyl (C=O) groups excluding carboxylic acids is 3. The Bertz CT molecular complexity index is 1060. The highest BCUT2D eigenvalue weighted by atomic mass is 16.6. The predicted molar refractivity (Wildman–Crippen MR) is 130 cm³/mol. The van der Waals surface area contributed by atoms with Gasteiger partial charge in [-0.2, -0.15) is 0 Å². The minimum Gasteiger partial charge on any atom is -0.468 e. The lowest BCUT2D eigenvalue weighted by molar-refractivity contribution is -0.146. The summed E-state index contributed by atoms with van der Waals surface area (Å²) in [5.41, 5.74) is -0.529. The van der Waals surface area contributed by atoms with E-state index in [1.807, 2.05) is 20.8 Å². The molecule has 1 amide bonds. The first-order valence-corrected chi connectivity index (χ1v) is 11.0. The number of hydrogen-bond acceptors (Lipinski definition) is 8. The van der Waals surface area contributed by atoms with Gasteiger partial charge in [-0.05, 0) is 65.8 Å². The van der Waals surface area contributed by atoms with E-state index in [2.05, 4.69) is 9.98 Å². The van der Waals surface area contributed by atoms with E-state index in [1.165, 1.54) is 31.7 Å². The van der Waals surface area contributed by atoms with E-state index in [4.69, 9.17) is 18.9 Å². The van der Waals surface area contributed by atoms with Crippen LogP contribution in [-0.4, -0.2) is 54.0 Å². The second kappa shape index (κ2) is 11.7. The largest absolute Gasteiger partial charge is 0.468 e. The second-order valence-corrected chi connectivity index (χ2v) is 9.65. The first-order valence-electron chi connectivity index (χ1n) is 11.0. The van der Waals surface area contributed by atoms with Gasteiger partial charge in [-0.25, -0.2) is 14.8 Å². The van der Waals surface area contributed by atoms with Crippen molar-refractivity contribution in [1.82, 2.24) is 4.98 Å². The topological polar surface area (TPSA) is 113 Å². The predicted octanol–water partition coefficient (Wildman–Crippen LogP) is 4.64. The molecule has 1 heterocycles. The molecule has 35 heavy (non-hydrogen) atoms. The molecule has 0 N–H and O–H groups in total. The number of aromatic nitrogens is 1. The van der Waals surface area contributed by atoms with E-state index in [9.17, 15) is 14.4 Å². The monoisotopic (exact) mass is 484 g/mol. The summed E-state index contributed by atoms with van der Waals surface area (Å²) in [4.78, 5) is 44.7. The molecule has 1 unspecified atom stereocenters. The van der Waals surface area contributed by atoms with Crippen LogP contribution < -0.4 is 4.74 Å². The zero-order valence-electron chi connectivity index (χ0n) is 21.2. The van der Waals surface area contributed by atoms with E-state index >= 15 is 0 Å². The molecule has 2 aromatic rings. The standard InChI is InChI=1S/C26H32N2O7/c1-25(2,3)33-16-19(23(30)32-7)15-28-22(29)18-11-12-21(27-14-18)34-20-10-8-9-17(13-20)24(31)35-26(4,5)6/h8-15,19H,16H2,1-7H3. The number of nitrogens with zero attached hydrogens (tertiary/aromatic N) is 2. The number of pyridine rings is 1. The van der Waals surface area contributed by atoms with Gasteiger partial charge in [-0.15, -0.1) is 0 Å². The van der Waals surface area contributed by atoms with Crippen molar-refractivity contribution < 1.29 is 33.3 Å². The lowest BCUT2D eigenvalue weighted by Gasteiger charge is -2.21. The maximum Gasteiger partial charge on any atom is 0.338 e. The van der Waals surface area contributed by atoms with Gasteiger partial charge in [0.05, 0.1) is 30.4 Å². The van der Waals surface area contributed by atoms with Crippen molar-refractivity contribution in [3.05, 3.63) is 53.7 Å². The van der Waals surface area contributed by atoms with Gasteiger partial charge in [0.1, 0.15) is 17.3 Å². The molecule has 0 spiro atoms. The Morgan fingerprint density at radius 3 is 2.29 bits per heavy atom. The molecule has 188 valence electrons. The third-order valence-corrected chi connectivity index (χ3v) is 4.25. The van der Waals surface area contributed by atoms with Crippen LogP contribution in [0.4, 0.5) is 0 Å². The van der Waals surface area contributed by atoms with Crippen LogP contribution in [0.1, 0.15) is 62.3 Å². The molecular formula is C26H32N2O7. The van der Waals surface area contributed by atoms with Crippen molar-refractivity contribution in [1.29, 1.82) is 0 Å². The van der Waals surface area contributed by atoms with Gasteiger partial charge in [0.25, 0.3) is 5.91 Å². The number of carbonyl (C=O) groups is 3. The van der Waals surface area contributed by atoms with Crippen LogP contribution in [0.5, 0.6) is 11.6 Å². The van der Waals surface area contributed by atoms with E-state index in [0.717, 1.165) is 0 Å². The highest BCUT2D eigenvalue weighted by molar-refractivity contribution is 6.02. The number of esters is 2. The van der Waals surface area contributed by atoms with Gasteiger partial charge >= 0.3 is 11.9 Å². The number of methoxy groups -OCH3 is 1. The van der Waals surface area contributed by atoms with Crippen molar-refractivity contribution in [3.63, 3.8) is 0 Å². The minimum absolute atomic E-state index is 0.0281. The van der Waals surface area contributed by atoms with Crippen molar-refractivity contribution >= 4 is 24.1 Å². The Morgan fingerprint density at radius 2 is 1.71 bits per heavy atom. The number of rotatable bonds is 8. The Balaban J connectivity index is 2.06. The van der Waals surface area contributed by atoms with Crippen molar-refractivity contribution in [2.24, 2.45) is 10.9 Å². The Labute approximate surface area is 205 Å². The second-order valence-electron chi connectivity index (χ2n) is 9.65. The minimum atomic E-state index is -0.823. The molecule has 0 bridgehead atoms. The van der Waals surface area contributed by atoms with Crippen LogP contribution in [0.15, 0.2) is 47.6 Å². The Hall–Kier alpha value is -3.59. The number of amides is 1. The molecule has 1 aromatic carbocycles. The summed E-state index contributed by atoms with van der Waals surface area (Å²) >= 11 is 0. The maximum absolute atomic E-state index is 12.4. The van der Waals surface area contributed by atoms with E-state index in [1.54, 1.807) is 45.0 Å². The fourth-order valence-electron chi connectivity index (χ4n) is 2.61. The van der Waals surface area contributed by atoms with Gasteiger partial charge in [0.2, 0.25) is 5.88 Å².